The van der Waals surface area contributed by atoms with Crippen LogP contribution in [-0.4, -0.2) is 34.4 Å². The Morgan fingerprint density at radius 2 is 1.81 bits per heavy atom. The Kier molecular flexibility index (Phi) is 6.39. The van der Waals surface area contributed by atoms with Crippen LogP contribution in [0.25, 0.3) is 0 Å². The van der Waals surface area contributed by atoms with Gasteiger partial charge < -0.3 is 15.0 Å². The van der Waals surface area contributed by atoms with Crippen LogP contribution in [0.2, 0.25) is 0 Å². The van der Waals surface area contributed by atoms with Crippen molar-refractivity contribution in [2.45, 2.75) is 32.4 Å². The Morgan fingerprint density at radius 3 is 2.35 bits per heavy atom. The molecule has 1 unspecified atom stereocenters. The zero-order chi connectivity index (χ0) is 22.6. The maximum absolute atomic E-state index is 14.9. The molecule has 0 saturated heterocycles. The highest BCUT2D eigenvalue weighted by molar-refractivity contribution is 6.09. The van der Waals surface area contributed by atoms with Crippen molar-refractivity contribution in [2.75, 3.05) is 12.0 Å². The van der Waals surface area contributed by atoms with E-state index in [-0.39, 0.29) is 11.4 Å². The summed E-state index contributed by atoms with van der Waals surface area (Å²) in [7, 11) is 1.53. The van der Waals surface area contributed by atoms with E-state index >= 15 is 0 Å². The summed E-state index contributed by atoms with van der Waals surface area (Å²) in [6.45, 7) is 5.50. The molecule has 0 fully saturated rings. The first-order valence-corrected chi connectivity index (χ1v) is 9.73. The number of para-hydroxylation sites is 1. The molecular formula is C23H25FN4O3. The minimum Gasteiger partial charge on any atom is -0.497 e. The molecule has 0 radical (unpaired) electrons. The normalized spacial score (nSPS) is 12.2. The third kappa shape index (κ3) is 5.09. The van der Waals surface area contributed by atoms with Gasteiger partial charge in [0.1, 0.15) is 23.3 Å². The molecule has 1 aromatic heterocycles. The summed E-state index contributed by atoms with van der Waals surface area (Å²) in [5.74, 6) is -1.07. The first-order valence-electron chi connectivity index (χ1n) is 9.73. The van der Waals surface area contributed by atoms with Crippen molar-refractivity contribution in [3.05, 3.63) is 78.1 Å². The Labute approximate surface area is 180 Å². The van der Waals surface area contributed by atoms with Crippen LogP contribution in [0, 0.1) is 5.82 Å². The summed E-state index contributed by atoms with van der Waals surface area (Å²) < 4.78 is 20.1. The van der Waals surface area contributed by atoms with Crippen LogP contribution in [0.1, 0.15) is 42.9 Å². The van der Waals surface area contributed by atoms with Crippen molar-refractivity contribution >= 4 is 17.5 Å². The van der Waals surface area contributed by atoms with Gasteiger partial charge in [-0.25, -0.2) is 9.37 Å². The van der Waals surface area contributed by atoms with Crippen molar-refractivity contribution in [1.82, 2.24) is 15.3 Å². The number of benzene rings is 2. The molecular weight excluding hydrogens is 399 g/mol. The predicted molar refractivity (Wildman–Crippen MR) is 115 cm³/mol. The summed E-state index contributed by atoms with van der Waals surface area (Å²) in [4.78, 5) is 34.7. The largest absolute Gasteiger partial charge is 0.497 e. The van der Waals surface area contributed by atoms with Crippen molar-refractivity contribution in [3.63, 3.8) is 0 Å². The molecule has 8 heteroatoms. The summed E-state index contributed by atoms with van der Waals surface area (Å²) >= 11 is 0. The van der Waals surface area contributed by atoms with Crippen molar-refractivity contribution in [1.29, 1.82) is 0 Å². The first kappa shape index (κ1) is 22.0. The number of ether oxygens (including phenoxy) is 1. The number of rotatable bonds is 6. The van der Waals surface area contributed by atoms with Crippen LogP contribution in [0.3, 0.4) is 0 Å². The van der Waals surface area contributed by atoms with Gasteiger partial charge in [-0.2, -0.15) is 0 Å². The highest BCUT2D eigenvalue weighted by Crippen LogP contribution is 2.32. The maximum atomic E-state index is 14.9. The molecule has 162 valence electrons. The molecule has 3 rings (SSSR count). The molecule has 0 aliphatic rings. The molecule has 0 bridgehead atoms. The van der Waals surface area contributed by atoms with Gasteiger partial charge in [-0.1, -0.05) is 24.3 Å². The number of H-pyrrole nitrogens is 1. The van der Waals surface area contributed by atoms with Gasteiger partial charge in [0.2, 0.25) is 5.91 Å². The summed E-state index contributed by atoms with van der Waals surface area (Å²) in [6.07, 6.45) is 2.69. The number of anilines is 1. The number of amides is 2. The third-order valence-electron chi connectivity index (χ3n) is 4.50. The van der Waals surface area contributed by atoms with E-state index in [0.29, 0.717) is 11.3 Å². The second kappa shape index (κ2) is 8.99. The zero-order valence-corrected chi connectivity index (χ0v) is 17.8. The van der Waals surface area contributed by atoms with E-state index in [0.717, 1.165) is 4.90 Å². The maximum Gasteiger partial charge on any atom is 0.277 e. The Balaban J connectivity index is 2.19. The Morgan fingerprint density at radius 1 is 1.13 bits per heavy atom. The minimum absolute atomic E-state index is 0.0213. The third-order valence-corrected chi connectivity index (χ3v) is 4.50. The number of aromatic nitrogens is 2. The van der Waals surface area contributed by atoms with Crippen molar-refractivity contribution in [2.24, 2.45) is 0 Å². The number of nitrogens with zero attached hydrogens (tertiary/aromatic N) is 2. The van der Waals surface area contributed by atoms with E-state index in [1.54, 1.807) is 30.3 Å². The monoisotopic (exact) mass is 424 g/mol. The lowest BCUT2D eigenvalue weighted by molar-refractivity contribution is -0.123. The molecule has 0 aliphatic carbocycles. The highest BCUT2D eigenvalue weighted by atomic mass is 19.1. The minimum atomic E-state index is -1.14. The van der Waals surface area contributed by atoms with Gasteiger partial charge in [0.05, 0.1) is 25.3 Å². The summed E-state index contributed by atoms with van der Waals surface area (Å²) in [6, 6.07) is 11.4. The molecule has 1 heterocycles. The van der Waals surface area contributed by atoms with Gasteiger partial charge in [0.25, 0.3) is 5.91 Å². The Hall–Kier alpha value is -3.68. The van der Waals surface area contributed by atoms with Crippen LogP contribution < -0.4 is 15.0 Å². The van der Waals surface area contributed by atoms with E-state index < -0.39 is 29.2 Å². The molecule has 2 aromatic carbocycles. The van der Waals surface area contributed by atoms with Crippen molar-refractivity contribution in [3.8, 4) is 5.75 Å². The van der Waals surface area contributed by atoms with Gasteiger partial charge in [-0.3, -0.25) is 14.5 Å². The fraction of sp³-hybridized carbons (Fsp3) is 0.261. The number of aromatic amines is 1. The summed E-state index contributed by atoms with van der Waals surface area (Å²) in [5.41, 5.74) is 0.0377. The average Bonchev–Trinajstić information content (AvgIpc) is 3.26. The standard InChI is InChI=1S/C23H25FN4O3/c1-23(2,3)27-21(29)20(15-9-11-16(31-4)12-10-15)28(19-8-6-5-7-17(19)24)22(30)18-13-25-14-26-18/h5-14,20H,1-4H3,(H,25,26)(H,27,29). The van der Waals surface area contributed by atoms with Crippen LogP contribution in [-0.2, 0) is 4.79 Å². The number of nitrogens with one attached hydrogen (secondary N) is 2. The van der Waals surface area contributed by atoms with Crippen molar-refractivity contribution < 1.29 is 18.7 Å². The lowest BCUT2D eigenvalue weighted by atomic mass is 10.00. The number of imidazole rings is 1. The molecule has 0 spiro atoms. The molecule has 31 heavy (non-hydrogen) atoms. The molecule has 2 amide bonds. The molecule has 0 aliphatic heterocycles. The second-order valence-corrected chi connectivity index (χ2v) is 8.01. The Bertz CT molecular complexity index is 1040. The van der Waals surface area contributed by atoms with Crippen LogP contribution in [0.15, 0.2) is 61.1 Å². The van der Waals surface area contributed by atoms with Crippen LogP contribution >= 0.6 is 0 Å². The lowest BCUT2D eigenvalue weighted by Crippen LogP contribution is -2.49. The van der Waals surface area contributed by atoms with E-state index in [1.165, 1.54) is 37.8 Å². The first-order chi connectivity index (χ1) is 14.7. The highest BCUT2D eigenvalue weighted by Gasteiger charge is 2.36. The number of halogens is 1. The van der Waals surface area contributed by atoms with E-state index in [4.69, 9.17) is 4.74 Å². The van der Waals surface area contributed by atoms with Gasteiger partial charge in [0, 0.05) is 5.54 Å². The quantitative estimate of drug-likeness (QED) is 0.629. The number of hydrogen-bond donors (Lipinski definition) is 2. The molecule has 1 atom stereocenters. The second-order valence-electron chi connectivity index (χ2n) is 8.01. The van der Waals surface area contributed by atoms with Gasteiger partial charge in [-0.15, -0.1) is 0 Å². The molecule has 0 saturated carbocycles. The number of carbonyl (C=O) groups is 2. The SMILES string of the molecule is COc1ccc(C(C(=O)NC(C)(C)C)N(C(=O)c2cnc[nH]2)c2ccccc2F)cc1. The van der Waals surface area contributed by atoms with E-state index in [2.05, 4.69) is 15.3 Å². The fourth-order valence-corrected chi connectivity index (χ4v) is 3.16. The van der Waals surface area contributed by atoms with E-state index in [1.807, 2.05) is 20.8 Å². The van der Waals surface area contributed by atoms with Crippen LogP contribution in [0.4, 0.5) is 10.1 Å². The number of methoxy groups -OCH3 is 1. The van der Waals surface area contributed by atoms with Crippen LogP contribution in [0.5, 0.6) is 5.75 Å². The topological polar surface area (TPSA) is 87.3 Å². The predicted octanol–water partition coefficient (Wildman–Crippen LogP) is 3.86. The average molecular weight is 424 g/mol. The zero-order valence-electron chi connectivity index (χ0n) is 17.8. The fourth-order valence-electron chi connectivity index (χ4n) is 3.16. The molecule has 2 N–H and O–H groups in total. The summed E-state index contributed by atoms with van der Waals surface area (Å²) in [5, 5.41) is 2.90. The van der Waals surface area contributed by atoms with Gasteiger partial charge in [-0.05, 0) is 50.6 Å². The van der Waals surface area contributed by atoms with Gasteiger partial charge in [0.15, 0.2) is 0 Å². The van der Waals surface area contributed by atoms with Gasteiger partial charge >= 0.3 is 0 Å². The molecule has 3 aromatic rings. The number of hydrogen-bond acceptors (Lipinski definition) is 4. The van der Waals surface area contributed by atoms with E-state index in [9.17, 15) is 14.0 Å². The number of carbonyl (C=O) groups excluding carboxylic acids is 2. The smallest absolute Gasteiger partial charge is 0.277 e. The lowest BCUT2D eigenvalue weighted by Gasteiger charge is -2.33. The molecule has 7 nitrogen and oxygen atoms in total.